The summed E-state index contributed by atoms with van der Waals surface area (Å²) in [4.78, 5) is 34.4. The number of nitrogens with one attached hydrogen (secondary N) is 2. The zero-order valence-corrected chi connectivity index (χ0v) is 16.6. The number of rotatable bonds is 6. The first-order valence-corrected chi connectivity index (χ1v) is 10.1. The Morgan fingerprint density at radius 3 is 2.62 bits per heavy atom. The summed E-state index contributed by atoms with van der Waals surface area (Å²) in [5.74, 6) is -0.386. The fraction of sp³-hybridized carbons (Fsp3) is 0.176. The van der Waals surface area contributed by atoms with Gasteiger partial charge in [0.15, 0.2) is 0 Å². The number of amides is 3. The van der Waals surface area contributed by atoms with Gasteiger partial charge in [-0.1, -0.05) is 23.7 Å². The molecule has 10 nitrogen and oxygen atoms in total. The van der Waals surface area contributed by atoms with Crippen LogP contribution in [-0.2, 0) is 21.4 Å². The predicted octanol–water partition coefficient (Wildman–Crippen LogP) is 2.41. The highest BCUT2D eigenvalue weighted by atomic mass is 35.5. The lowest BCUT2D eigenvalue weighted by molar-refractivity contribution is -0.385. The molecule has 1 heterocycles. The largest absolute Gasteiger partial charge is 0.329 e. The zero-order chi connectivity index (χ0) is 21.3. The van der Waals surface area contributed by atoms with Crippen LogP contribution in [0.3, 0.4) is 0 Å². The molecule has 1 aliphatic heterocycles. The van der Waals surface area contributed by atoms with Crippen molar-refractivity contribution in [3.8, 4) is 0 Å². The van der Waals surface area contributed by atoms with E-state index in [2.05, 4.69) is 10.0 Å². The molecule has 0 aromatic heterocycles. The minimum Gasteiger partial charge on any atom is -0.329 e. The molecule has 2 aromatic carbocycles. The van der Waals surface area contributed by atoms with Crippen molar-refractivity contribution in [3.63, 3.8) is 0 Å². The maximum atomic E-state index is 12.7. The van der Waals surface area contributed by atoms with Crippen LogP contribution in [0.1, 0.15) is 11.1 Å². The normalized spacial score (nSPS) is 14.1. The quantitative estimate of drug-likeness (QED) is 0.403. The number of sulfonamides is 1. The highest BCUT2D eigenvalue weighted by Crippen LogP contribution is 2.30. The van der Waals surface area contributed by atoms with Crippen LogP contribution in [0.2, 0.25) is 5.02 Å². The lowest BCUT2D eigenvalue weighted by atomic mass is 10.2. The number of hydrogen-bond donors (Lipinski definition) is 2. The summed E-state index contributed by atoms with van der Waals surface area (Å²) in [5, 5.41) is 13.5. The molecule has 1 fully saturated rings. The molecule has 2 N–H and O–H groups in total. The standard InChI is InChI=1S/C17H15ClN4O6S/c1-10-14(18)6-13(7-15(10)22(25)26)29(27,28)20-12-4-2-3-11(5-12)9-21-16(23)8-19-17(21)24/h2-7,20H,8-9H2,1H3,(H,19,24). The zero-order valence-electron chi connectivity index (χ0n) is 15.0. The summed E-state index contributed by atoms with van der Waals surface area (Å²) in [7, 11) is -4.17. The van der Waals surface area contributed by atoms with E-state index in [1.54, 1.807) is 12.1 Å². The molecule has 1 aliphatic rings. The third-order valence-electron chi connectivity index (χ3n) is 4.25. The SMILES string of the molecule is Cc1c(Cl)cc(S(=O)(=O)Nc2cccc(CN3C(=O)CNC3=O)c2)cc1[N+](=O)[O-]. The predicted molar refractivity (Wildman–Crippen MR) is 104 cm³/mol. The lowest BCUT2D eigenvalue weighted by Gasteiger charge is -2.14. The number of nitro benzene ring substituents is 1. The fourth-order valence-corrected chi connectivity index (χ4v) is 4.10. The summed E-state index contributed by atoms with van der Waals surface area (Å²) in [6, 6.07) is 7.64. The number of carbonyl (C=O) groups is 2. The van der Waals surface area contributed by atoms with Crippen molar-refractivity contribution in [2.45, 2.75) is 18.4 Å². The molecule has 12 heteroatoms. The Labute approximate surface area is 170 Å². The second-order valence-electron chi connectivity index (χ2n) is 6.25. The summed E-state index contributed by atoms with van der Waals surface area (Å²) < 4.78 is 27.7. The number of nitrogens with zero attached hydrogens (tertiary/aromatic N) is 2. The van der Waals surface area contributed by atoms with Crippen LogP contribution in [0.4, 0.5) is 16.2 Å². The minimum atomic E-state index is -4.17. The van der Waals surface area contributed by atoms with Gasteiger partial charge in [-0.3, -0.25) is 24.5 Å². The molecular formula is C17H15ClN4O6S. The average Bonchev–Trinajstić information content (AvgIpc) is 2.95. The van der Waals surface area contributed by atoms with Crippen molar-refractivity contribution < 1.29 is 22.9 Å². The third kappa shape index (κ3) is 4.30. The highest BCUT2D eigenvalue weighted by Gasteiger charge is 2.28. The molecule has 0 bridgehead atoms. The van der Waals surface area contributed by atoms with Crippen LogP contribution in [0, 0.1) is 17.0 Å². The first-order chi connectivity index (χ1) is 13.6. The lowest BCUT2D eigenvalue weighted by Crippen LogP contribution is -2.30. The Morgan fingerprint density at radius 1 is 1.28 bits per heavy atom. The van der Waals surface area contributed by atoms with E-state index in [1.807, 2.05) is 0 Å². The van der Waals surface area contributed by atoms with Gasteiger partial charge in [0.1, 0.15) is 0 Å². The highest BCUT2D eigenvalue weighted by molar-refractivity contribution is 7.92. The van der Waals surface area contributed by atoms with E-state index < -0.39 is 26.7 Å². The van der Waals surface area contributed by atoms with E-state index in [9.17, 15) is 28.1 Å². The van der Waals surface area contributed by atoms with Crippen molar-refractivity contribution in [2.75, 3.05) is 11.3 Å². The summed E-state index contributed by atoms with van der Waals surface area (Å²) in [6.45, 7) is 1.31. The fourth-order valence-electron chi connectivity index (χ4n) is 2.73. The maximum absolute atomic E-state index is 12.7. The second kappa shape index (κ2) is 7.68. The van der Waals surface area contributed by atoms with Gasteiger partial charge >= 0.3 is 6.03 Å². The molecule has 152 valence electrons. The van der Waals surface area contributed by atoms with Crippen LogP contribution < -0.4 is 10.0 Å². The van der Waals surface area contributed by atoms with Gasteiger partial charge in [0, 0.05) is 17.3 Å². The van der Waals surface area contributed by atoms with Gasteiger partial charge in [-0.2, -0.15) is 0 Å². The summed E-state index contributed by atoms with van der Waals surface area (Å²) in [6.07, 6.45) is 0. The maximum Gasteiger partial charge on any atom is 0.324 e. The second-order valence-corrected chi connectivity index (χ2v) is 8.34. The van der Waals surface area contributed by atoms with E-state index in [-0.39, 0.29) is 40.2 Å². The smallest absolute Gasteiger partial charge is 0.324 e. The first-order valence-electron chi connectivity index (χ1n) is 8.23. The molecule has 0 unspecified atom stereocenters. The number of urea groups is 1. The van der Waals surface area contributed by atoms with Crippen molar-refractivity contribution >= 4 is 44.9 Å². The number of halogens is 1. The number of imide groups is 1. The van der Waals surface area contributed by atoms with Crippen molar-refractivity contribution in [3.05, 3.63) is 62.7 Å². The molecule has 3 rings (SSSR count). The van der Waals surface area contributed by atoms with Gasteiger partial charge in [0.05, 0.1) is 27.9 Å². The van der Waals surface area contributed by atoms with Crippen LogP contribution >= 0.6 is 11.6 Å². The number of hydrogen-bond acceptors (Lipinski definition) is 6. The van der Waals surface area contributed by atoms with Crippen LogP contribution in [-0.4, -0.2) is 36.7 Å². The van der Waals surface area contributed by atoms with E-state index in [0.29, 0.717) is 5.56 Å². The van der Waals surface area contributed by atoms with Crippen LogP contribution in [0.5, 0.6) is 0 Å². The van der Waals surface area contributed by atoms with Gasteiger partial charge in [-0.25, -0.2) is 13.2 Å². The van der Waals surface area contributed by atoms with Gasteiger partial charge in [-0.05, 0) is 30.7 Å². The number of nitro groups is 1. The topological polar surface area (TPSA) is 139 Å². The first kappa shape index (κ1) is 20.6. The molecule has 1 saturated heterocycles. The van der Waals surface area contributed by atoms with Crippen molar-refractivity contribution in [2.24, 2.45) is 0 Å². The Kier molecular flexibility index (Phi) is 5.44. The minimum absolute atomic E-state index is 0.0257. The summed E-state index contributed by atoms with van der Waals surface area (Å²) >= 11 is 5.95. The molecule has 0 spiro atoms. The molecule has 0 atom stereocenters. The molecule has 29 heavy (non-hydrogen) atoms. The molecule has 0 radical (unpaired) electrons. The molecule has 0 saturated carbocycles. The number of benzene rings is 2. The van der Waals surface area contributed by atoms with Crippen molar-refractivity contribution in [1.29, 1.82) is 0 Å². The van der Waals surface area contributed by atoms with Crippen molar-refractivity contribution in [1.82, 2.24) is 10.2 Å². The van der Waals surface area contributed by atoms with Gasteiger partial charge in [0.2, 0.25) is 5.91 Å². The third-order valence-corrected chi connectivity index (χ3v) is 6.01. The monoisotopic (exact) mass is 438 g/mol. The Hall–Kier alpha value is -3.18. The Morgan fingerprint density at radius 2 is 2.00 bits per heavy atom. The van der Waals surface area contributed by atoms with Gasteiger partial charge in [0.25, 0.3) is 15.7 Å². The number of carbonyl (C=O) groups excluding carboxylic acids is 2. The number of anilines is 1. The molecule has 2 aromatic rings. The average molecular weight is 439 g/mol. The van der Waals surface area contributed by atoms with Gasteiger partial charge < -0.3 is 5.32 Å². The summed E-state index contributed by atoms with van der Waals surface area (Å²) in [5.41, 5.74) is 0.425. The van der Waals surface area contributed by atoms with E-state index in [4.69, 9.17) is 11.6 Å². The molecular weight excluding hydrogens is 424 g/mol. The van der Waals surface area contributed by atoms with E-state index >= 15 is 0 Å². The van der Waals surface area contributed by atoms with E-state index in [1.165, 1.54) is 19.1 Å². The molecule has 0 aliphatic carbocycles. The van der Waals surface area contributed by atoms with E-state index in [0.717, 1.165) is 17.0 Å². The van der Waals surface area contributed by atoms with Crippen LogP contribution in [0.15, 0.2) is 41.3 Å². The molecule has 3 amide bonds. The Balaban J connectivity index is 1.87. The Bertz CT molecular complexity index is 1120. The van der Waals surface area contributed by atoms with Crippen LogP contribution in [0.25, 0.3) is 0 Å². The van der Waals surface area contributed by atoms with Gasteiger partial charge in [-0.15, -0.1) is 0 Å².